The monoisotopic (exact) mass is 700 g/mol. The van der Waals surface area contributed by atoms with Gasteiger partial charge in [0, 0.05) is 22.1 Å². The number of phenolic OH excluding ortho intramolecular Hbond substituents is 1. The molecule has 0 spiro atoms. The Morgan fingerprint density at radius 1 is 0.902 bits per heavy atom. The molecule has 0 bridgehead atoms. The highest BCUT2D eigenvalue weighted by Crippen LogP contribution is 2.66. The smallest absolute Gasteiger partial charge is 0.253 e. The molecular weight excluding hydrogens is 678 g/mol. The van der Waals surface area contributed by atoms with E-state index in [1.807, 2.05) is 42.5 Å². The maximum absolute atomic E-state index is 14.1. The van der Waals surface area contributed by atoms with Crippen LogP contribution in [-0.4, -0.2) is 50.4 Å². The van der Waals surface area contributed by atoms with E-state index < -0.39 is 45.2 Å². The lowest BCUT2D eigenvalue weighted by atomic mass is 9.56. The van der Waals surface area contributed by atoms with Gasteiger partial charge in [0.05, 0.1) is 17.5 Å². The molecular formula is C31H23Cl2IN2O5. The van der Waals surface area contributed by atoms with Crippen LogP contribution in [-0.2, 0) is 19.2 Å². The van der Waals surface area contributed by atoms with Crippen molar-refractivity contribution in [1.29, 1.82) is 0 Å². The second-order valence-electron chi connectivity index (χ2n) is 11.2. The number of nitrogens with zero attached hydrogens (tertiary/aromatic N) is 2. The first-order chi connectivity index (χ1) is 19.5. The maximum atomic E-state index is 14.1. The molecule has 2 saturated heterocycles. The summed E-state index contributed by atoms with van der Waals surface area (Å²) < 4.78 is 0.966. The molecule has 3 aromatic rings. The highest BCUT2D eigenvalue weighted by atomic mass is 127. The number of phenols is 1. The molecule has 0 aromatic heterocycles. The van der Waals surface area contributed by atoms with Crippen molar-refractivity contribution in [2.75, 3.05) is 11.9 Å². The van der Waals surface area contributed by atoms with Gasteiger partial charge >= 0.3 is 0 Å². The van der Waals surface area contributed by atoms with E-state index in [2.05, 4.69) is 22.6 Å². The number of halogens is 3. The number of rotatable bonds is 2. The molecule has 1 saturated carbocycles. The Labute approximate surface area is 259 Å². The number of fused-ring (bicyclic) bond motifs is 5. The van der Waals surface area contributed by atoms with Crippen LogP contribution in [0.15, 0.2) is 72.3 Å². The molecule has 3 fully saturated rings. The summed E-state index contributed by atoms with van der Waals surface area (Å²) in [5, 5.41) is 12.8. The van der Waals surface area contributed by atoms with E-state index in [4.69, 9.17) is 23.2 Å². The van der Waals surface area contributed by atoms with E-state index in [1.54, 1.807) is 18.2 Å². The number of carbonyl (C=O) groups is 4. The summed E-state index contributed by atoms with van der Waals surface area (Å²) in [4.78, 5) is 53.6. The summed E-state index contributed by atoms with van der Waals surface area (Å²) in [5.41, 5.74) is 1.50. The summed E-state index contributed by atoms with van der Waals surface area (Å²) in [7, 11) is 1.35. The van der Waals surface area contributed by atoms with Crippen molar-refractivity contribution in [3.63, 3.8) is 0 Å². The van der Waals surface area contributed by atoms with Crippen LogP contribution in [0.4, 0.5) is 5.69 Å². The molecule has 41 heavy (non-hydrogen) atoms. The second-order valence-corrected chi connectivity index (χ2v) is 13.7. The van der Waals surface area contributed by atoms with Gasteiger partial charge in [-0.25, -0.2) is 0 Å². The van der Waals surface area contributed by atoms with E-state index in [-0.39, 0.29) is 30.4 Å². The summed E-state index contributed by atoms with van der Waals surface area (Å²) >= 11 is 16.7. The van der Waals surface area contributed by atoms with Crippen LogP contribution in [0.1, 0.15) is 24.3 Å². The maximum Gasteiger partial charge on any atom is 0.253 e. The number of alkyl halides is 2. The zero-order chi connectivity index (χ0) is 29.0. The number of imide groups is 2. The highest BCUT2D eigenvalue weighted by Gasteiger charge is 2.76. The van der Waals surface area contributed by atoms with Gasteiger partial charge in [0.15, 0.2) is 9.75 Å². The van der Waals surface area contributed by atoms with Crippen molar-refractivity contribution in [1.82, 2.24) is 4.90 Å². The molecule has 3 aromatic carbocycles. The number of likely N-dealkylation sites (tertiary alicyclic amines) is 1. The lowest BCUT2D eigenvalue weighted by Crippen LogP contribution is -2.60. The number of allylic oxidation sites excluding steroid dienone is 2. The molecule has 6 unspecified atom stereocenters. The van der Waals surface area contributed by atoms with Crippen molar-refractivity contribution < 1.29 is 24.3 Å². The predicted molar refractivity (Wildman–Crippen MR) is 163 cm³/mol. The molecule has 7 nitrogen and oxygen atoms in total. The van der Waals surface area contributed by atoms with Gasteiger partial charge in [0.25, 0.3) is 11.8 Å². The Bertz CT molecular complexity index is 1740. The Balaban J connectivity index is 1.45. The van der Waals surface area contributed by atoms with Crippen molar-refractivity contribution in [2.24, 2.45) is 17.8 Å². The average Bonchev–Trinajstić information content (AvgIpc) is 3.29. The fraction of sp³-hybridized carbons (Fsp3) is 0.290. The number of anilines is 1. The molecule has 1 N–H and O–H groups in total. The van der Waals surface area contributed by atoms with Crippen molar-refractivity contribution in [3.8, 4) is 5.75 Å². The Kier molecular flexibility index (Phi) is 5.92. The first-order valence-corrected chi connectivity index (χ1v) is 15.1. The molecule has 10 heteroatoms. The average molecular weight is 701 g/mol. The standard InChI is InChI=1S/C31H23Cl2IN2O5/c1-35-28(40)30(32)14-21-19(11-12-20-23(21)27(39)36(26(20)38)17-9-7-16(34)8-10-17)25(31(30,33)29(35)41)24-18-5-3-2-4-15(18)6-13-22(24)37/h2-11,13,20-21,23,25,37H,12,14H2,1H3. The zero-order valence-corrected chi connectivity index (χ0v) is 25.4. The van der Waals surface area contributed by atoms with Crippen LogP contribution < -0.4 is 4.90 Å². The van der Waals surface area contributed by atoms with Crippen molar-refractivity contribution >= 4 is 85.9 Å². The Morgan fingerprint density at radius 2 is 1.61 bits per heavy atom. The zero-order valence-electron chi connectivity index (χ0n) is 21.7. The van der Waals surface area contributed by atoms with Crippen LogP contribution >= 0.6 is 45.8 Å². The van der Waals surface area contributed by atoms with Gasteiger partial charge in [-0.3, -0.25) is 29.0 Å². The number of amides is 4. The Morgan fingerprint density at radius 3 is 2.34 bits per heavy atom. The summed E-state index contributed by atoms with van der Waals surface area (Å²) in [6.45, 7) is 0. The number of benzene rings is 3. The molecule has 2 heterocycles. The topological polar surface area (TPSA) is 95.0 Å². The SMILES string of the molecule is CN1C(=O)C2(Cl)CC3C(=CCC4C(=O)N(c5ccc(I)cc5)C(=O)C43)C(c3c(O)ccc4ccccc34)C2(Cl)C1=O. The molecule has 6 atom stereocenters. The molecule has 2 aliphatic heterocycles. The van der Waals surface area contributed by atoms with E-state index in [9.17, 15) is 24.3 Å². The number of aromatic hydroxyl groups is 1. The normalized spacial score (nSPS) is 32.7. The lowest BCUT2D eigenvalue weighted by Gasteiger charge is -2.51. The van der Waals surface area contributed by atoms with Crippen molar-refractivity contribution in [2.45, 2.75) is 28.5 Å². The van der Waals surface area contributed by atoms with E-state index >= 15 is 0 Å². The first kappa shape index (κ1) is 26.9. The number of hydrogen-bond acceptors (Lipinski definition) is 5. The largest absolute Gasteiger partial charge is 0.508 e. The third-order valence-electron chi connectivity index (χ3n) is 9.34. The minimum atomic E-state index is -1.96. The van der Waals surface area contributed by atoms with Gasteiger partial charge in [-0.1, -0.05) is 42.0 Å². The van der Waals surface area contributed by atoms with Gasteiger partial charge in [0.2, 0.25) is 11.8 Å². The number of carbonyl (C=O) groups excluding carboxylic acids is 4. The first-order valence-electron chi connectivity index (χ1n) is 13.2. The minimum absolute atomic E-state index is 0.0957. The summed E-state index contributed by atoms with van der Waals surface area (Å²) in [6.07, 6.45) is 2.03. The fourth-order valence-corrected chi connectivity index (χ4v) is 8.86. The highest BCUT2D eigenvalue weighted by molar-refractivity contribution is 14.1. The predicted octanol–water partition coefficient (Wildman–Crippen LogP) is 5.34. The Hall–Kier alpha value is -2.95. The van der Waals surface area contributed by atoms with E-state index in [0.717, 1.165) is 13.9 Å². The van der Waals surface area contributed by atoms with Gasteiger partial charge in [-0.2, -0.15) is 0 Å². The third-order valence-corrected chi connectivity index (χ3v) is 11.5. The molecule has 0 radical (unpaired) electrons. The van der Waals surface area contributed by atoms with Crippen LogP contribution in [0, 0.1) is 21.3 Å². The van der Waals surface area contributed by atoms with E-state index in [1.165, 1.54) is 18.0 Å². The quantitative estimate of drug-likeness (QED) is 0.169. The van der Waals surface area contributed by atoms with Crippen LogP contribution in [0.5, 0.6) is 5.75 Å². The van der Waals surface area contributed by atoms with Crippen LogP contribution in [0.25, 0.3) is 10.8 Å². The fourth-order valence-electron chi connectivity index (χ4n) is 7.49. The molecule has 7 rings (SSSR count). The summed E-state index contributed by atoms with van der Waals surface area (Å²) in [6, 6.07) is 17.8. The van der Waals surface area contributed by atoms with Crippen LogP contribution in [0.2, 0.25) is 0 Å². The third kappa shape index (κ3) is 3.38. The molecule has 2 aliphatic carbocycles. The molecule has 4 aliphatic rings. The number of hydrogen-bond donors (Lipinski definition) is 1. The van der Waals surface area contributed by atoms with Gasteiger partial charge in [-0.05, 0) is 82.5 Å². The molecule has 4 amide bonds. The second kappa shape index (κ2) is 9.02. The van der Waals surface area contributed by atoms with E-state index in [0.29, 0.717) is 22.2 Å². The van der Waals surface area contributed by atoms with Crippen molar-refractivity contribution in [3.05, 3.63) is 81.4 Å². The van der Waals surface area contributed by atoms with Gasteiger partial charge < -0.3 is 5.11 Å². The minimum Gasteiger partial charge on any atom is -0.508 e. The van der Waals surface area contributed by atoms with Gasteiger partial charge in [0.1, 0.15) is 5.75 Å². The van der Waals surface area contributed by atoms with Gasteiger partial charge in [-0.15, -0.1) is 23.2 Å². The van der Waals surface area contributed by atoms with Crippen LogP contribution in [0.3, 0.4) is 0 Å². The lowest BCUT2D eigenvalue weighted by molar-refractivity contribution is -0.138. The summed E-state index contributed by atoms with van der Waals surface area (Å²) in [5.74, 6) is -5.22. The molecule has 208 valence electrons.